The fraction of sp³-hybridized carbons (Fsp3) is 0.455. The normalized spacial score (nSPS) is 13.2. The highest BCUT2D eigenvalue weighted by Crippen LogP contribution is 2.37. The number of hydrogen-bond acceptors (Lipinski definition) is 3. The Morgan fingerprint density at radius 3 is 0.878 bits per heavy atom. The molecule has 224 valence electrons. The number of methoxy groups -OCH3 is 3. The topological polar surface area (TPSA) is 27.7 Å². The molecule has 0 N–H and O–H groups in total. The maximum atomic E-state index is 16.7. The van der Waals surface area contributed by atoms with Crippen LogP contribution in [0.5, 0.6) is 17.2 Å². The van der Waals surface area contributed by atoms with E-state index >= 15 is 12.3 Å². The molecule has 3 rings (SSSR count). The molecule has 41 heavy (non-hydrogen) atoms. The Hall–Kier alpha value is -2.72. The van der Waals surface area contributed by atoms with Crippen molar-refractivity contribution in [2.24, 2.45) is 0 Å². The fourth-order valence-corrected chi connectivity index (χ4v) is 14.4. The van der Waals surface area contributed by atoms with Crippen molar-refractivity contribution in [2.45, 2.75) is 78.6 Å². The molecule has 0 heterocycles. The van der Waals surface area contributed by atoms with Crippen LogP contribution in [0.1, 0.15) is 79.0 Å². The first-order chi connectivity index (χ1) is 18.7. The Bertz CT molecular complexity index is 1240. The Balaban J connectivity index is 2.79. The average Bonchev–Trinajstić information content (AvgIpc) is 2.86. The highest BCUT2D eigenvalue weighted by molar-refractivity contribution is 7.51. The molecule has 0 aliphatic heterocycles. The summed E-state index contributed by atoms with van der Waals surface area (Å²) in [6.45, 7) is 18.1. The molecule has 3 nitrogen and oxygen atoms in total. The maximum absolute atomic E-state index is 16.7. The Morgan fingerprint density at radius 2 is 0.707 bits per heavy atom. The van der Waals surface area contributed by atoms with Gasteiger partial charge in [-0.25, -0.2) is 12.3 Å². The van der Waals surface area contributed by atoms with Gasteiger partial charge in [-0.3, -0.25) is 0 Å². The molecule has 8 heteroatoms. The van der Waals surface area contributed by atoms with Gasteiger partial charge in [0.05, 0.1) is 21.3 Å². The first kappa shape index (κ1) is 32.8. The van der Waals surface area contributed by atoms with E-state index in [1.165, 1.54) is 21.3 Å². The Labute approximate surface area is 246 Å². The van der Waals surface area contributed by atoms with Crippen LogP contribution in [0, 0.1) is 0 Å². The van der Waals surface area contributed by atoms with E-state index in [0.29, 0.717) is 0 Å². The summed E-state index contributed by atoms with van der Waals surface area (Å²) in [6, 6.07) is 15.9. The summed E-state index contributed by atoms with van der Waals surface area (Å²) in [6.07, 6.45) is 0. The van der Waals surface area contributed by atoms with E-state index in [1.54, 1.807) is 36.4 Å². The average molecular weight is 603 g/mol. The van der Waals surface area contributed by atoms with Crippen LogP contribution in [0.25, 0.3) is 0 Å². The molecule has 0 fully saturated rings. The summed E-state index contributed by atoms with van der Waals surface area (Å²) < 4.78 is 67.4. The quantitative estimate of drug-likeness (QED) is 0.166. The van der Waals surface area contributed by atoms with E-state index in [9.17, 15) is 0 Å². The number of rotatable bonds is 7. The van der Waals surface area contributed by atoms with Crippen molar-refractivity contribution in [1.82, 2.24) is 0 Å². The zero-order chi connectivity index (χ0) is 31.2. The first-order valence-electron chi connectivity index (χ1n) is 13.9. The minimum Gasteiger partial charge on any atom is -0.497 e. The zero-order valence-electron chi connectivity index (χ0n) is 26.6. The smallest absolute Gasteiger partial charge is 0.497 e. The maximum Gasteiger partial charge on any atom is 0.598 e. The third kappa shape index (κ3) is 6.09. The van der Waals surface area contributed by atoms with Crippen molar-refractivity contribution in [3.63, 3.8) is 0 Å². The van der Waals surface area contributed by atoms with Crippen molar-refractivity contribution >= 4 is 31.7 Å². The third-order valence-corrected chi connectivity index (χ3v) is 17.3. The summed E-state index contributed by atoms with van der Waals surface area (Å²) >= 11 is 0. The molecule has 0 aromatic heterocycles. The van der Waals surface area contributed by atoms with E-state index in [2.05, 4.69) is 0 Å². The Kier molecular flexibility index (Phi) is 8.94. The number of hydrogen-bond donors (Lipinski definition) is 0. The van der Waals surface area contributed by atoms with Gasteiger partial charge in [-0.2, -0.15) is 0 Å². The fourth-order valence-electron chi connectivity index (χ4n) is 5.30. The molecular formula is C33H45F3O3Si2. The molecule has 0 saturated carbocycles. The summed E-state index contributed by atoms with van der Waals surface area (Å²) in [5.74, 6) is 0.669. The van der Waals surface area contributed by atoms with Crippen LogP contribution < -0.4 is 29.8 Å². The van der Waals surface area contributed by atoms with Gasteiger partial charge in [0.2, 0.25) is 0 Å². The molecule has 0 amide bonds. The highest BCUT2D eigenvalue weighted by atomic mass is 29.3. The van der Waals surface area contributed by atoms with Crippen molar-refractivity contribution in [3.05, 3.63) is 71.3 Å². The largest absolute Gasteiger partial charge is 0.598 e. The van der Waals surface area contributed by atoms with E-state index in [1.807, 2.05) is 80.5 Å². The van der Waals surface area contributed by atoms with E-state index in [0.717, 1.165) is 16.7 Å². The van der Waals surface area contributed by atoms with Gasteiger partial charge in [-0.05, 0) is 66.7 Å². The molecule has 0 saturated heterocycles. The highest BCUT2D eigenvalue weighted by Gasteiger charge is 2.69. The lowest BCUT2D eigenvalue weighted by molar-refractivity contribution is 0.414. The van der Waals surface area contributed by atoms with Crippen LogP contribution >= 0.6 is 0 Å². The van der Waals surface area contributed by atoms with Gasteiger partial charge in [0.15, 0.2) is 0 Å². The standard InChI is InChI=1S/C33H45F3O3Si2/c1-31(2,3)22-13-16-25(37-10)28(19-22)40(41(34,35)36,29-20-23(32(4,5)6)14-17-26(29)38-11)30-21-24(33(7,8)9)15-18-27(30)39-12/h13-21H,1-12H3. The van der Waals surface area contributed by atoms with Crippen molar-refractivity contribution in [3.8, 4) is 17.2 Å². The van der Waals surface area contributed by atoms with Crippen molar-refractivity contribution in [1.29, 1.82) is 0 Å². The third-order valence-electron chi connectivity index (χ3n) is 7.83. The van der Waals surface area contributed by atoms with E-state index < -0.39 is 16.2 Å². The van der Waals surface area contributed by atoms with Crippen LogP contribution in [0.3, 0.4) is 0 Å². The molecule has 0 aliphatic rings. The molecule has 0 unspecified atom stereocenters. The van der Waals surface area contributed by atoms with E-state index in [-0.39, 0.29) is 49.1 Å². The molecule has 0 aliphatic carbocycles. The number of benzene rings is 3. The van der Waals surface area contributed by atoms with Gasteiger partial charge in [-0.1, -0.05) is 98.7 Å². The lowest BCUT2D eigenvalue weighted by Crippen LogP contribution is -2.79. The van der Waals surface area contributed by atoms with Crippen LogP contribution in [0.15, 0.2) is 54.6 Å². The number of halogens is 3. The minimum atomic E-state index is -6.65. The molecule has 3 aromatic rings. The molecule has 0 spiro atoms. The van der Waals surface area contributed by atoms with Crippen LogP contribution in [-0.2, 0) is 16.2 Å². The lowest BCUT2D eigenvalue weighted by atomic mass is 9.87. The predicted octanol–water partition coefficient (Wildman–Crippen LogP) is 7.00. The second-order valence-electron chi connectivity index (χ2n) is 13.7. The first-order valence-corrected chi connectivity index (χ1v) is 18.5. The van der Waals surface area contributed by atoms with Crippen molar-refractivity contribution in [2.75, 3.05) is 21.3 Å². The van der Waals surface area contributed by atoms with Crippen molar-refractivity contribution < 1.29 is 26.5 Å². The molecule has 3 aromatic carbocycles. The molecule has 0 radical (unpaired) electrons. The zero-order valence-corrected chi connectivity index (χ0v) is 28.6. The second kappa shape index (κ2) is 11.2. The summed E-state index contributed by atoms with van der Waals surface area (Å²) in [4.78, 5) is 0. The van der Waals surface area contributed by atoms with Gasteiger partial charge in [0.25, 0.3) is 7.59 Å². The van der Waals surface area contributed by atoms with Crippen LogP contribution in [0.2, 0.25) is 0 Å². The van der Waals surface area contributed by atoms with Crippen LogP contribution in [0.4, 0.5) is 12.3 Å². The lowest BCUT2D eigenvalue weighted by Gasteiger charge is -2.38. The Morgan fingerprint density at radius 1 is 0.463 bits per heavy atom. The summed E-state index contributed by atoms with van der Waals surface area (Å²) in [7, 11) is -7.21. The molecular weight excluding hydrogens is 558 g/mol. The molecule has 0 atom stereocenters. The van der Waals surface area contributed by atoms with Gasteiger partial charge >= 0.3 is 8.59 Å². The van der Waals surface area contributed by atoms with Gasteiger partial charge in [0.1, 0.15) is 17.2 Å². The predicted molar refractivity (Wildman–Crippen MR) is 169 cm³/mol. The van der Waals surface area contributed by atoms with Gasteiger partial charge < -0.3 is 14.2 Å². The minimum absolute atomic E-state index is 0.181. The SMILES string of the molecule is COc1ccc(C(C)(C)C)cc1[Si](c1cc(C(C)(C)C)ccc1OC)(c1cc(C(C)(C)C)ccc1OC)[Si](F)(F)F. The summed E-state index contributed by atoms with van der Waals surface area (Å²) in [5, 5.41) is 0.543. The van der Waals surface area contributed by atoms with E-state index in [4.69, 9.17) is 14.2 Å². The molecule has 0 bridgehead atoms. The second-order valence-corrected chi connectivity index (χ2v) is 21.8. The number of ether oxygens (including phenoxy) is 3. The van der Waals surface area contributed by atoms with Crippen LogP contribution in [-0.4, -0.2) is 37.5 Å². The summed E-state index contributed by atoms with van der Waals surface area (Å²) in [5.41, 5.74) is 1.26. The van der Waals surface area contributed by atoms with Gasteiger partial charge in [-0.15, -0.1) is 0 Å². The monoisotopic (exact) mass is 602 g/mol. The van der Waals surface area contributed by atoms with Gasteiger partial charge in [0, 0.05) is 0 Å².